The lowest BCUT2D eigenvalue weighted by atomic mass is 10.1. The van der Waals surface area contributed by atoms with Gasteiger partial charge in [-0.2, -0.15) is 0 Å². The Morgan fingerprint density at radius 2 is 1.65 bits per heavy atom. The number of carbonyl (C=O) groups excluding carboxylic acids is 1. The van der Waals surface area contributed by atoms with Gasteiger partial charge in [0.2, 0.25) is 5.91 Å². The van der Waals surface area contributed by atoms with Gasteiger partial charge in [-0.15, -0.1) is 0 Å². The van der Waals surface area contributed by atoms with Gasteiger partial charge in [0.1, 0.15) is 18.4 Å². The van der Waals surface area contributed by atoms with Gasteiger partial charge < -0.3 is 10.5 Å². The molecular formula is C16H18N2O2. The minimum absolute atomic E-state index is 0.393. The first kappa shape index (κ1) is 14.1. The molecule has 3 N–H and O–H groups in total. The highest BCUT2D eigenvalue weighted by molar-refractivity contribution is 5.81. The highest BCUT2D eigenvalue weighted by atomic mass is 16.5. The van der Waals surface area contributed by atoms with E-state index in [2.05, 4.69) is 5.32 Å². The highest BCUT2D eigenvalue weighted by Crippen LogP contribution is 2.12. The van der Waals surface area contributed by atoms with Crippen LogP contribution >= 0.6 is 0 Å². The maximum atomic E-state index is 11.5. The van der Waals surface area contributed by atoms with Crippen LogP contribution < -0.4 is 15.8 Å². The predicted molar refractivity (Wildman–Crippen MR) is 78.3 cm³/mol. The van der Waals surface area contributed by atoms with Gasteiger partial charge in [-0.25, -0.2) is 0 Å². The average molecular weight is 270 g/mol. The van der Waals surface area contributed by atoms with Crippen molar-refractivity contribution >= 4 is 5.91 Å². The van der Waals surface area contributed by atoms with Crippen molar-refractivity contribution in [3.05, 3.63) is 66.2 Å². The molecule has 0 aliphatic rings. The summed E-state index contributed by atoms with van der Waals surface area (Å²) in [4.78, 5) is 11.5. The van der Waals surface area contributed by atoms with E-state index < -0.39 is 11.9 Å². The molecule has 0 heterocycles. The van der Waals surface area contributed by atoms with Crippen molar-refractivity contribution in [3.63, 3.8) is 0 Å². The van der Waals surface area contributed by atoms with Crippen LogP contribution in [0.25, 0.3) is 0 Å². The zero-order valence-electron chi connectivity index (χ0n) is 11.2. The Hall–Kier alpha value is -2.33. The van der Waals surface area contributed by atoms with Gasteiger partial charge >= 0.3 is 0 Å². The average Bonchev–Trinajstić information content (AvgIpc) is 2.49. The molecule has 0 bridgehead atoms. The summed E-state index contributed by atoms with van der Waals surface area (Å²) in [5, 5.41) is 3.11. The number of rotatable bonds is 7. The number of amides is 1. The molecule has 0 unspecified atom stereocenters. The fourth-order valence-corrected chi connectivity index (χ4v) is 1.92. The first-order chi connectivity index (χ1) is 9.77. The Balaban J connectivity index is 1.83. The van der Waals surface area contributed by atoms with E-state index in [1.807, 2.05) is 60.7 Å². The molecule has 2 aromatic rings. The summed E-state index contributed by atoms with van der Waals surface area (Å²) in [7, 11) is 0. The molecule has 0 spiro atoms. The zero-order chi connectivity index (χ0) is 14.2. The number of ether oxygens (including phenoxy) is 1. The Kier molecular flexibility index (Phi) is 5.15. The number of nitrogens with one attached hydrogen (secondary N) is 1. The molecule has 0 saturated heterocycles. The second kappa shape index (κ2) is 7.31. The van der Waals surface area contributed by atoms with Crippen LogP contribution in [0, 0.1) is 0 Å². The van der Waals surface area contributed by atoms with E-state index >= 15 is 0 Å². The lowest BCUT2D eigenvalue weighted by Crippen LogP contribution is -2.35. The number of hydrogen-bond acceptors (Lipinski definition) is 3. The summed E-state index contributed by atoms with van der Waals surface area (Å²) in [6, 6.07) is 18.5. The van der Waals surface area contributed by atoms with Crippen LogP contribution in [-0.4, -0.2) is 19.1 Å². The third kappa shape index (κ3) is 4.10. The summed E-state index contributed by atoms with van der Waals surface area (Å²) in [6.07, 6.45) is 0. The van der Waals surface area contributed by atoms with Gasteiger partial charge in [0, 0.05) is 6.54 Å². The van der Waals surface area contributed by atoms with Gasteiger partial charge in [-0.3, -0.25) is 10.1 Å². The first-order valence-corrected chi connectivity index (χ1v) is 6.53. The molecule has 4 heteroatoms. The Morgan fingerprint density at radius 1 is 1.05 bits per heavy atom. The maximum Gasteiger partial charge on any atom is 0.239 e. The van der Waals surface area contributed by atoms with E-state index in [0.717, 1.165) is 11.3 Å². The summed E-state index contributed by atoms with van der Waals surface area (Å²) in [5.74, 6) is 0.417. The van der Waals surface area contributed by atoms with E-state index in [1.165, 1.54) is 0 Å². The minimum Gasteiger partial charge on any atom is -0.492 e. The lowest BCUT2D eigenvalue weighted by molar-refractivity contribution is -0.120. The first-order valence-electron chi connectivity index (χ1n) is 6.53. The fourth-order valence-electron chi connectivity index (χ4n) is 1.92. The molecule has 0 aliphatic heterocycles. The summed E-state index contributed by atoms with van der Waals surface area (Å²) >= 11 is 0. The van der Waals surface area contributed by atoms with E-state index in [-0.39, 0.29) is 0 Å². The van der Waals surface area contributed by atoms with Crippen LogP contribution in [0.5, 0.6) is 5.75 Å². The number of benzene rings is 2. The molecular weight excluding hydrogens is 252 g/mol. The van der Waals surface area contributed by atoms with E-state index in [4.69, 9.17) is 10.5 Å². The topological polar surface area (TPSA) is 64.4 Å². The molecule has 0 aliphatic carbocycles. The van der Waals surface area contributed by atoms with Crippen molar-refractivity contribution in [2.24, 2.45) is 5.73 Å². The van der Waals surface area contributed by atoms with Gasteiger partial charge in [0.25, 0.3) is 0 Å². The molecule has 0 saturated carbocycles. The third-order valence-corrected chi connectivity index (χ3v) is 2.88. The van der Waals surface area contributed by atoms with Crippen LogP contribution in [0.15, 0.2) is 60.7 Å². The Bertz CT molecular complexity index is 529. The van der Waals surface area contributed by atoms with E-state index in [0.29, 0.717) is 13.2 Å². The molecule has 104 valence electrons. The number of para-hydroxylation sites is 1. The standard InChI is InChI=1S/C16H18N2O2/c17-16(19)15(13-7-3-1-4-8-13)18-11-12-20-14-9-5-2-6-10-14/h1-10,15,18H,11-12H2,(H2,17,19)/t15-/m1/s1. The maximum absolute atomic E-state index is 11.5. The molecule has 2 rings (SSSR count). The summed E-state index contributed by atoms with van der Waals surface area (Å²) < 4.78 is 5.56. The second-order valence-corrected chi connectivity index (χ2v) is 4.36. The van der Waals surface area contributed by atoms with Crippen molar-refractivity contribution in [2.45, 2.75) is 6.04 Å². The van der Waals surface area contributed by atoms with Crippen LogP contribution in [0.4, 0.5) is 0 Å². The highest BCUT2D eigenvalue weighted by Gasteiger charge is 2.16. The van der Waals surface area contributed by atoms with Crippen LogP contribution in [0.3, 0.4) is 0 Å². The second-order valence-electron chi connectivity index (χ2n) is 4.36. The molecule has 0 radical (unpaired) electrons. The minimum atomic E-state index is -0.490. The molecule has 1 atom stereocenters. The van der Waals surface area contributed by atoms with Crippen molar-refractivity contribution in [1.82, 2.24) is 5.32 Å². The van der Waals surface area contributed by atoms with Crippen LogP contribution in [-0.2, 0) is 4.79 Å². The predicted octanol–water partition coefficient (Wildman–Crippen LogP) is 1.88. The van der Waals surface area contributed by atoms with Gasteiger partial charge in [0.05, 0.1) is 0 Å². The number of primary amides is 1. The summed E-state index contributed by atoms with van der Waals surface area (Å²) in [5.41, 5.74) is 6.28. The Morgan fingerprint density at radius 3 is 2.25 bits per heavy atom. The van der Waals surface area contributed by atoms with Crippen molar-refractivity contribution in [2.75, 3.05) is 13.2 Å². The van der Waals surface area contributed by atoms with Gasteiger partial charge in [-0.1, -0.05) is 48.5 Å². The molecule has 1 amide bonds. The molecule has 0 aromatic heterocycles. The monoisotopic (exact) mass is 270 g/mol. The SMILES string of the molecule is NC(=O)[C@H](NCCOc1ccccc1)c1ccccc1. The van der Waals surface area contributed by atoms with Crippen LogP contribution in [0.1, 0.15) is 11.6 Å². The Labute approximate surface area is 118 Å². The zero-order valence-corrected chi connectivity index (χ0v) is 11.2. The molecule has 20 heavy (non-hydrogen) atoms. The molecule has 0 fully saturated rings. The smallest absolute Gasteiger partial charge is 0.239 e. The van der Waals surface area contributed by atoms with Gasteiger partial charge in [0.15, 0.2) is 0 Å². The summed E-state index contributed by atoms with van der Waals surface area (Å²) in [6.45, 7) is 1.01. The van der Waals surface area contributed by atoms with Crippen LogP contribution in [0.2, 0.25) is 0 Å². The normalized spacial score (nSPS) is 11.8. The number of hydrogen-bond donors (Lipinski definition) is 2. The van der Waals surface area contributed by atoms with Gasteiger partial charge in [-0.05, 0) is 17.7 Å². The number of carbonyl (C=O) groups is 1. The van der Waals surface area contributed by atoms with Crippen molar-refractivity contribution in [3.8, 4) is 5.75 Å². The quantitative estimate of drug-likeness (QED) is 0.755. The molecule has 2 aromatic carbocycles. The van der Waals surface area contributed by atoms with Crippen molar-refractivity contribution < 1.29 is 9.53 Å². The third-order valence-electron chi connectivity index (χ3n) is 2.88. The lowest BCUT2D eigenvalue weighted by Gasteiger charge is -2.16. The van der Waals surface area contributed by atoms with E-state index in [1.54, 1.807) is 0 Å². The van der Waals surface area contributed by atoms with E-state index in [9.17, 15) is 4.79 Å². The number of nitrogens with two attached hydrogens (primary N) is 1. The fraction of sp³-hybridized carbons (Fsp3) is 0.188. The largest absolute Gasteiger partial charge is 0.492 e. The van der Waals surface area contributed by atoms with Crippen molar-refractivity contribution in [1.29, 1.82) is 0 Å². The molecule has 4 nitrogen and oxygen atoms in total.